The number of benzene rings is 1. The van der Waals surface area contributed by atoms with Gasteiger partial charge in [-0.3, -0.25) is 14.6 Å². The summed E-state index contributed by atoms with van der Waals surface area (Å²) in [5, 5.41) is 8.08. The number of esters is 1. The average molecular weight is 576 g/mol. The molecule has 0 bridgehead atoms. The first-order valence-corrected chi connectivity index (χ1v) is 13.8. The normalized spacial score (nSPS) is 14.1. The highest BCUT2D eigenvalue weighted by molar-refractivity contribution is 5.95. The van der Waals surface area contributed by atoms with Gasteiger partial charge in [0, 0.05) is 43.5 Å². The van der Waals surface area contributed by atoms with E-state index in [4.69, 9.17) is 9.47 Å². The predicted molar refractivity (Wildman–Crippen MR) is 156 cm³/mol. The number of nitrogens with zero attached hydrogens (tertiary/aromatic N) is 1. The Morgan fingerprint density at radius 1 is 1.12 bits per heavy atom. The van der Waals surface area contributed by atoms with Gasteiger partial charge in [0.25, 0.3) is 5.91 Å². The molecule has 2 aromatic heterocycles. The number of unbranched alkanes of at least 4 members (excludes halogenated alkanes) is 1. The molecule has 2 heterocycles. The Kier molecular flexibility index (Phi) is 10.5. The number of aryl methyl sites for hydroxylation is 1. The number of H-pyrrole nitrogens is 1. The van der Waals surface area contributed by atoms with Crippen molar-refractivity contribution < 1.29 is 28.2 Å². The number of rotatable bonds is 12. The van der Waals surface area contributed by atoms with Crippen molar-refractivity contribution in [2.24, 2.45) is 0 Å². The number of pyridine rings is 1. The zero-order chi connectivity index (χ0) is 29.9. The highest BCUT2D eigenvalue weighted by Gasteiger charge is 2.15. The molecule has 1 unspecified atom stereocenters. The first-order chi connectivity index (χ1) is 20.3. The lowest BCUT2D eigenvalue weighted by Crippen LogP contribution is -2.29. The largest absolute Gasteiger partial charge is 0.486 e. The second-order valence-electron chi connectivity index (χ2n) is 9.67. The van der Waals surface area contributed by atoms with Crippen molar-refractivity contribution in [3.05, 3.63) is 89.7 Å². The third-order valence-electron chi connectivity index (χ3n) is 6.33. The Hall–Kier alpha value is -4.93. The smallest absolute Gasteiger partial charge is 0.323 e. The zero-order valence-corrected chi connectivity index (χ0v) is 23.5. The highest BCUT2D eigenvalue weighted by atomic mass is 19.1. The van der Waals surface area contributed by atoms with Gasteiger partial charge in [-0.2, -0.15) is 0 Å². The summed E-state index contributed by atoms with van der Waals surface area (Å²) >= 11 is 0. The van der Waals surface area contributed by atoms with Crippen LogP contribution in [0.1, 0.15) is 48.5 Å². The van der Waals surface area contributed by atoms with Crippen molar-refractivity contribution in [2.45, 2.75) is 45.6 Å². The second-order valence-corrected chi connectivity index (χ2v) is 9.67. The number of carbonyl (C=O) groups is 3. The minimum atomic E-state index is -0.540. The lowest BCUT2D eigenvalue weighted by molar-refractivity contribution is -0.143. The Labute approximate surface area is 243 Å². The van der Waals surface area contributed by atoms with Crippen molar-refractivity contribution in [1.29, 1.82) is 0 Å². The molecule has 3 amide bonds. The number of halogens is 1. The SMILES string of the molecule is CCOC(=O)CCCCNC(=O)c1c[nH]c(-c2cc(OC3C=CC(NC(=O)Nc4cc(C)ccc4F)=CC3)ccn2)c1. The zero-order valence-electron chi connectivity index (χ0n) is 23.5. The van der Waals surface area contributed by atoms with E-state index in [-0.39, 0.29) is 23.7 Å². The van der Waals surface area contributed by atoms with Gasteiger partial charge in [0.2, 0.25) is 0 Å². The molecule has 4 N–H and O–H groups in total. The molecule has 11 heteroatoms. The fraction of sp³-hybridized carbons (Fsp3) is 0.290. The quantitative estimate of drug-likeness (QED) is 0.169. The molecule has 10 nitrogen and oxygen atoms in total. The standard InChI is InChI=1S/C31H34FN5O5/c1-3-41-29(38)6-4-5-14-34-30(39)21-17-27(35-19-21)28-18-24(13-15-33-28)42-23-10-8-22(9-11-23)36-31(40)37-26-16-20(2)7-12-25(26)32/h7-10,12-13,15-19,23,35H,3-6,11,14H2,1-2H3,(H,34,39)(H2,36,37,40). The molecular formula is C31H34FN5O5. The molecule has 0 spiro atoms. The molecule has 4 rings (SSSR count). The molecule has 0 saturated carbocycles. The Bertz CT molecular complexity index is 1480. The molecule has 0 aliphatic heterocycles. The predicted octanol–water partition coefficient (Wildman–Crippen LogP) is 5.40. The summed E-state index contributed by atoms with van der Waals surface area (Å²) in [6.45, 7) is 4.41. The molecule has 1 aliphatic rings. The number of aromatic nitrogens is 2. The van der Waals surface area contributed by atoms with Crippen molar-refractivity contribution in [1.82, 2.24) is 20.6 Å². The number of urea groups is 1. The van der Waals surface area contributed by atoms with Crippen LogP contribution in [0.3, 0.4) is 0 Å². The number of hydrogen-bond donors (Lipinski definition) is 4. The second kappa shape index (κ2) is 14.6. The van der Waals surface area contributed by atoms with E-state index in [0.717, 1.165) is 5.56 Å². The molecule has 0 fully saturated rings. The van der Waals surface area contributed by atoms with E-state index in [1.54, 1.807) is 55.7 Å². The van der Waals surface area contributed by atoms with E-state index < -0.39 is 11.8 Å². The molecule has 0 saturated heterocycles. The molecule has 220 valence electrons. The number of aromatic amines is 1. The fourth-order valence-electron chi connectivity index (χ4n) is 4.21. The van der Waals surface area contributed by atoms with Crippen molar-refractivity contribution in [3.63, 3.8) is 0 Å². The molecule has 0 radical (unpaired) electrons. The summed E-state index contributed by atoms with van der Waals surface area (Å²) in [5.41, 5.74) is 3.26. The summed E-state index contributed by atoms with van der Waals surface area (Å²) in [4.78, 5) is 43.7. The van der Waals surface area contributed by atoms with Gasteiger partial charge in [-0.15, -0.1) is 0 Å². The third kappa shape index (κ3) is 8.79. The first kappa shape index (κ1) is 30.0. The van der Waals surface area contributed by atoms with Crippen molar-refractivity contribution in [3.8, 4) is 17.1 Å². The number of nitrogens with one attached hydrogen (secondary N) is 4. The molecule has 3 aromatic rings. The van der Waals surface area contributed by atoms with Crippen molar-refractivity contribution >= 4 is 23.6 Å². The van der Waals surface area contributed by atoms with Gasteiger partial charge in [-0.05, 0) is 68.7 Å². The Morgan fingerprint density at radius 2 is 1.98 bits per heavy atom. The first-order valence-electron chi connectivity index (χ1n) is 13.8. The van der Waals surface area contributed by atoms with E-state index in [0.29, 0.717) is 67.2 Å². The third-order valence-corrected chi connectivity index (χ3v) is 6.33. The van der Waals surface area contributed by atoms with Crippen LogP contribution >= 0.6 is 0 Å². The van der Waals surface area contributed by atoms with E-state index in [1.807, 2.05) is 19.1 Å². The monoisotopic (exact) mass is 575 g/mol. The summed E-state index contributed by atoms with van der Waals surface area (Å²) in [5.74, 6) is -0.364. The Morgan fingerprint density at radius 3 is 2.76 bits per heavy atom. The number of anilines is 1. The molecular weight excluding hydrogens is 541 g/mol. The van der Waals surface area contributed by atoms with Gasteiger partial charge >= 0.3 is 12.0 Å². The summed E-state index contributed by atoms with van der Waals surface area (Å²) in [6.07, 6.45) is 10.5. The maximum atomic E-state index is 13.9. The van der Waals surface area contributed by atoms with E-state index in [2.05, 4.69) is 25.9 Å². The van der Waals surface area contributed by atoms with Crippen LogP contribution in [0.5, 0.6) is 5.75 Å². The van der Waals surface area contributed by atoms with Crippen LogP contribution in [0.2, 0.25) is 0 Å². The van der Waals surface area contributed by atoms with Crippen LogP contribution in [0.4, 0.5) is 14.9 Å². The minimum Gasteiger partial charge on any atom is -0.486 e. The van der Waals surface area contributed by atoms with Gasteiger partial charge in [0.15, 0.2) is 0 Å². The number of carbonyl (C=O) groups excluding carboxylic acids is 3. The van der Waals surface area contributed by atoms with E-state index >= 15 is 0 Å². The Balaban J connectivity index is 1.24. The van der Waals surface area contributed by atoms with Gasteiger partial charge in [0.1, 0.15) is 17.7 Å². The number of allylic oxidation sites excluding steroid dienone is 1. The topological polar surface area (TPSA) is 134 Å². The van der Waals surface area contributed by atoms with Crippen LogP contribution in [0, 0.1) is 12.7 Å². The summed E-state index contributed by atoms with van der Waals surface area (Å²) in [6, 6.07) is 9.20. The van der Waals surface area contributed by atoms with Gasteiger partial charge in [0.05, 0.1) is 29.2 Å². The minimum absolute atomic E-state index is 0.111. The molecule has 1 aliphatic carbocycles. The van der Waals surface area contributed by atoms with E-state index in [1.165, 1.54) is 6.07 Å². The van der Waals surface area contributed by atoms with Crippen LogP contribution in [-0.4, -0.2) is 47.1 Å². The van der Waals surface area contributed by atoms with Crippen LogP contribution in [0.15, 0.2) is 72.7 Å². The van der Waals surface area contributed by atoms with Crippen LogP contribution in [0.25, 0.3) is 11.4 Å². The fourth-order valence-corrected chi connectivity index (χ4v) is 4.21. The molecule has 1 atom stereocenters. The van der Waals surface area contributed by atoms with Crippen LogP contribution in [-0.2, 0) is 9.53 Å². The lowest BCUT2D eigenvalue weighted by Gasteiger charge is -2.19. The van der Waals surface area contributed by atoms with Gasteiger partial charge < -0.3 is 30.4 Å². The number of amides is 3. The molecule has 1 aromatic carbocycles. The number of ether oxygens (including phenoxy) is 2. The lowest BCUT2D eigenvalue weighted by atomic mass is 10.1. The molecule has 42 heavy (non-hydrogen) atoms. The summed E-state index contributed by atoms with van der Waals surface area (Å²) in [7, 11) is 0. The maximum Gasteiger partial charge on any atom is 0.323 e. The van der Waals surface area contributed by atoms with Gasteiger partial charge in [-0.1, -0.05) is 12.1 Å². The van der Waals surface area contributed by atoms with Crippen LogP contribution < -0.4 is 20.7 Å². The summed E-state index contributed by atoms with van der Waals surface area (Å²) < 4.78 is 24.9. The average Bonchev–Trinajstić information content (AvgIpc) is 3.47. The van der Waals surface area contributed by atoms with E-state index in [9.17, 15) is 18.8 Å². The highest BCUT2D eigenvalue weighted by Crippen LogP contribution is 2.24. The number of hydrogen-bond acceptors (Lipinski definition) is 6. The van der Waals surface area contributed by atoms with Crippen molar-refractivity contribution in [2.75, 3.05) is 18.5 Å². The maximum absolute atomic E-state index is 13.9. The van der Waals surface area contributed by atoms with Gasteiger partial charge in [-0.25, -0.2) is 9.18 Å².